The largest absolute Gasteiger partial charge is 0.466 e. The van der Waals surface area contributed by atoms with Crippen LogP contribution >= 0.6 is 22.9 Å². The number of rotatable bonds is 7. The highest BCUT2D eigenvalue weighted by atomic mass is 35.5. The first-order valence-electron chi connectivity index (χ1n) is 10.1. The van der Waals surface area contributed by atoms with Crippen LogP contribution in [0.15, 0.2) is 52.7 Å². The van der Waals surface area contributed by atoms with Crippen molar-refractivity contribution in [1.82, 2.24) is 4.98 Å². The molecule has 0 saturated carbocycles. The summed E-state index contributed by atoms with van der Waals surface area (Å²) in [5.41, 5.74) is 2.10. The van der Waals surface area contributed by atoms with Gasteiger partial charge in [0.15, 0.2) is 5.13 Å². The van der Waals surface area contributed by atoms with Gasteiger partial charge in [-0.25, -0.2) is 13.4 Å². The summed E-state index contributed by atoms with van der Waals surface area (Å²) >= 11 is 7.17. The highest BCUT2D eigenvalue weighted by Crippen LogP contribution is 2.34. The smallest absolute Gasteiger partial charge is 0.311 e. The summed E-state index contributed by atoms with van der Waals surface area (Å²) in [6.07, 6.45) is 0.566. The molecular formula is C22H20ClN3O5S2. The van der Waals surface area contributed by atoms with E-state index in [0.29, 0.717) is 33.5 Å². The third kappa shape index (κ3) is 5.02. The molecule has 8 nitrogen and oxygen atoms in total. The minimum absolute atomic E-state index is 0.0232. The molecule has 0 atom stereocenters. The van der Waals surface area contributed by atoms with Crippen LogP contribution < -0.4 is 9.62 Å². The van der Waals surface area contributed by atoms with Gasteiger partial charge in [-0.15, -0.1) is 11.3 Å². The number of halogens is 1. The Hall–Kier alpha value is -2.95. The van der Waals surface area contributed by atoms with Gasteiger partial charge >= 0.3 is 5.97 Å². The Balaban J connectivity index is 1.53. The Bertz CT molecular complexity index is 1320. The van der Waals surface area contributed by atoms with Crippen LogP contribution in [-0.4, -0.2) is 38.4 Å². The molecule has 0 unspecified atom stereocenters. The molecule has 2 aromatic carbocycles. The number of carbonyl (C=O) groups is 2. The summed E-state index contributed by atoms with van der Waals surface area (Å²) in [6, 6.07) is 11.1. The molecule has 1 aromatic heterocycles. The first-order chi connectivity index (χ1) is 15.8. The fourth-order valence-electron chi connectivity index (χ4n) is 3.47. The number of ether oxygens (including phenoxy) is 1. The molecule has 1 amide bonds. The fraction of sp³-hybridized carbons (Fsp3) is 0.227. The maximum absolute atomic E-state index is 13.2. The van der Waals surface area contributed by atoms with E-state index in [0.717, 1.165) is 5.56 Å². The quantitative estimate of drug-likeness (QED) is 0.488. The zero-order chi connectivity index (χ0) is 23.6. The van der Waals surface area contributed by atoms with Crippen LogP contribution in [-0.2, 0) is 32.4 Å². The number of amides is 1. The van der Waals surface area contributed by atoms with Crippen molar-refractivity contribution in [2.75, 3.05) is 22.8 Å². The summed E-state index contributed by atoms with van der Waals surface area (Å²) in [5, 5.41) is 5.04. The van der Waals surface area contributed by atoms with Crippen LogP contribution in [0.4, 0.5) is 10.8 Å². The monoisotopic (exact) mass is 505 g/mol. The highest BCUT2D eigenvalue weighted by Gasteiger charge is 2.31. The normalized spacial score (nSPS) is 13.0. The number of aromatic nitrogens is 1. The van der Waals surface area contributed by atoms with Gasteiger partial charge in [0, 0.05) is 22.5 Å². The zero-order valence-corrected chi connectivity index (χ0v) is 20.0. The Labute approximate surface area is 200 Å². The molecule has 172 valence electrons. The average Bonchev–Trinajstić information content (AvgIpc) is 3.40. The summed E-state index contributed by atoms with van der Waals surface area (Å²) in [4.78, 5) is 28.7. The number of carbonyl (C=O) groups excluding carboxylic acids is 2. The Morgan fingerprint density at radius 1 is 1.24 bits per heavy atom. The van der Waals surface area contributed by atoms with E-state index in [4.69, 9.17) is 16.3 Å². The van der Waals surface area contributed by atoms with Gasteiger partial charge in [0.25, 0.3) is 15.9 Å². The van der Waals surface area contributed by atoms with E-state index in [-0.39, 0.29) is 30.4 Å². The van der Waals surface area contributed by atoms with E-state index in [1.807, 2.05) is 0 Å². The Morgan fingerprint density at radius 3 is 2.82 bits per heavy atom. The van der Waals surface area contributed by atoms with E-state index in [9.17, 15) is 18.0 Å². The standard InChI is InChI=1S/C22H20ClN3O5S2/c1-2-31-20(27)12-17-13-32-22(24-17)25-21(28)15-7-6-14-8-9-26(19(14)10-15)33(29,30)18-5-3-4-16(23)11-18/h3-7,10-11,13H,2,8-9,12H2,1H3,(H,24,25,28). The number of anilines is 2. The van der Waals surface area contributed by atoms with Gasteiger partial charge in [0.05, 0.1) is 29.3 Å². The molecular weight excluding hydrogens is 486 g/mol. The Morgan fingerprint density at radius 2 is 2.06 bits per heavy atom. The second kappa shape index (κ2) is 9.50. The van der Waals surface area contributed by atoms with Crippen molar-refractivity contribution in [2.45, 2.75) is 24.7 Å². The van der Waals surface area contributed by atoms with Crippen molar-refractivity contribution in [3.63, 3.8) is 0 Å². The molecule has 0 saturated heterocycles. The third-order valence-electron chi connectivity index (χ3n) is 4.99. The first-order valence-corrected chi connectivity index (χ1v) is 12.8. The van der Waals surface area contributed by atoms with Crippen LogP contribution in [0.5, 0.6) is 0 Å². The van der Waals surface area contributed by atoms with Crippen LogP contribution in [0.2, 0.25) is 5.02 Å². The number of hydrogen-bond acceptors (Lipinski definition) is 7. The van der Waals surface area contributed by atoms with Crippen molar-refractivity contribution < 1.29 is 22.7 Å². The van der Waals surface area contributed by atoms with E-state index in [1.165, 1.54) is 27.8 Å². The van der Waals surface area contributed by atoms with E-state index < -0.39 is 15.9 Å². The number of esters is 1. The van der Waals surface area contributed by atoms with Crippen LogP contribution in [0.25, 0.3) is 0 Å². The van der Waals surface area contributed by atoms with E-state index in [1.54, 1.807) is 42.6 Å². The number of nitrogens with zero attached hydrogens (tertiary/aromatic N) is 2. The van der Waals surface area contributed by atoms with Gasteiger partial charge in [-0.1, -0.05) is 23.7 Å². The molecule has 0 radical (unpaired) electrons. The van der Waals surface area contributed by atoms with E-state index in [2.05, 4.69) is 10.3 Å². The molecule has 3 aromatic rings. The predicted molar refractivity (Wildman–Crippen MR) is 127 cm³/mol. The number of nitrogens with one attached hydrogen (secondary N) is 1. The highest BCUT2D eigenvalue weighted by molar-refractivity contribution is 7.92. The van der Waals surface area contributed by atoms with Crippen LogP contribution in [0.3, 0.4) is 0 Å². The number of sulfonamides is 1. The molecule has 0 fully saturated rings. The van der Waals surface area contributed by atoms with Crippen molar-refractivity contribution in [1.29, 1.82) is 0 Å². The molecule has 0 spiro atoms. The second-order valence-corrected chi connectivity index (χ2v) is 10.4. The van der Waals surface area contributed by atoms with Gasteiger partial charge in [0.1, 0.15) is 0 Å². The predicted octanol–water partition coefficient (Wildman–Crippen LogP) is 3.91. The fourth-order valence-corrected chi connectivity index (χ4v) is 5.97. The molecule has 4 rings (SSSR count). The molecule has 1 N–H and O–H groups in total. The number of thiazole rings is 1. The van der Waals surface area contributed by atoms with Crippen molar-refractivity contribution in [3.8, 4) is 0 Å². The lowest BCUT2D eigenvalue weighted by molar-refractivity contribution is -0.142. The molecule has 0 aliphatic carbocycles. The molecule has 11 heteroatoms. The summed E-state index contributed by atoms with van der Waals surface area (Å²) in [7, 11) is -3.83. The van der Waals surface area contributed by atoms with Gasteiger partial charge in [-0.3, -0.25) is 19.2 Å². The topological polar surface area (TPSA) is 106 Å². The van der Waals surface area contributed by atoms with Gasteiger partial charge in [-0.2, -0.15) is 0 Å². The van der Waals surface area contributed by atoms with Gasteiger partial charge in [-0.05, 0) is 49.2 Å². The average molecular weight is 506 g/mol. The molecule has 0 bridgehead atoms. The maximum atomic E-state index is 13.2. The van der Waals surface area contributed by atoms with Crippen molar-refractivity contribution in [2.24, 2.45) is 0 Å². The summed E-state index contributed by atoms with van der Waals surface area (Å²) < 4.78 is 32.6. The third-order valence-corrected chi connectivity index (χ3v) is 7.84. The summed E-state index contributed by atoms with van der Waals surface area (Å²) in [6.45, 7) is 2.29. The Kier molecular flexibility index (Phi) is 6.68. The number of hydrogen-bond donors (Lipinski definition) is 1. The summed E-state index contributed by atoms with van der Waals surface area (Å²) in [5.74, 6) is -0.817. The minimum atomic E-state index is -3.83. The number of benzene rings is 2. The molecule has 33 heavy (non-hydrogen) atoms. The lowest BCUT2D eigenvalue weighted by Gasteiger charge is -2.20. The van der Waals surface area contributed by atoms with Crippen molar-refractivity contribution in [3.05, 3.63) is 69.7 Å². The van der Waals surface area contributed by atoms with Gasteiger partial charge < -0.3 is 4.74 Å². The maximum Gasteiger partial charge on any atom is 0.311 e. The molecule has 1 aliphatic heterocycles. The molecule has 2 heterocycles. The van der Waals surface area contributed by atoms with Crippen LogP contribution in [0, 0.1) is 0 Å². The lowest BCUT2D eigenvalue weighted by Crippen LogP contribution is -2.29. The van der Waals surface area contributed by atoms with Gasteiger partial charge in [0.2, 0.25) is 0 Å². The zero-order valence-electron chi connectivity index (χ0n) is 17.6. The number of fused-ring (bicyclic) bond motifs is 1. The minimum Gasteiger partial charge on any atom is -0.466 e. The molecule has 1 aliphatic rings. The second-order valence-electron chi connectivity index (χ2n) is 7.21. The lowest BCUT2D eigenvalue weighted by atomic mass is 10.1. The first kappa shape index (κ1) is 23.2. The van der Waals surface area contributed by atoms with Crippen molar-refractivity contribution >= 4 is 55.7 Å². The van der Waals surface area contributed by atoms with E-state index >= 15 is 0 Å². The SMILES string of the molecule is CCOC(=O)Cc1csc(NC(=O)c2ccc3c(c2)N(S(=O)(=O)c2cccc(Cl)c2)CC3)n1. The van der Waals surface area contributed by atoms with Crippen LogP contribution in [0.1, 0.15) is 28.5 Å².